The summed E-state index contributed by atoms with van der Waals surface area (Å²) < 4.78 is 4.95. The van der Waals surface area contributed by atoms with Gasteiger partial charge in [0.2, 0.25) is 0 Å². The molecule has 20 heavy (non-hydrogen) atoms. The minimum absolute atomic E-state index is 0.317. The topological polar surface area (TPSA) is 70.5 Å². The predicted molar refractivity (Wildman–Crippen MR) is 81.3 cm³/mol. The van der Waals surface area contributed by atoms with Gasteiger partial charge < -0.3 is 20.1 Å². The second-order valence-corrected chi connectivity index (χ2v) is 4.79. The fourth-order valence-corrected chi connectivity index (χ4v) is 2.10. The van der Waals surface area contributed by atoms with E-state index in [-0.39, 0.29) is 0 Å². The van der Waals surface area contributed by atoms with Crippen LogP contribution in [0.1, 0.15) is 25.8 Å². The van der Waals surface area contributed by atoms with Crippen LogP contribution in [0.5, 0.6) is 0 Å². The number of hydrogen-bond acceptors (Lipinski definition) is 6. The Kier molecular flexibility index (Phi) is 7.25. The molecule has 0 saturated carbocycles. The van der Waals surface area contributed by atoms with Gasteiger partial charge >= 0.3 is 0 Å². The lowest BCUT2D eigenvalue weighted by molar-refractivity contribution is 0.0694. The molecule has 0 amide bonds. The quantitative estimate of drug-likeness (QED) is 0.711. The number of anilines is 2. The summed E-state index contributed by atoms with van der Waals surface area (Å²) in [5, 5.41) is 13.2. The summed E-state index contributed by atoms with van der Waals surface area (Å²) in [7, 11) is 3.50. The zero-order chi connectivity index (χ0) is 15.0. The van der Waals surface area contributed by atoms with Gasteiger partial charge in [-0.1, -0.05) is 13.8 Å². The molecule has 0 aromatic carbocycles. The number of aromatic nitrogens is 2. The summed E-state index contributed by atoms with van der Waals surface area (Å²) in [6.45, 7) is 5.88. The van der Waals surface area contributed by atoms with Crippen LogP contribution in [-0.4, -0.2) is 55.0 Å². The largest absolute Gasteiger partial charge is 0.389 e. The molecule has 0 radical (unpaired) electrons. The van der Waals surface area contributed by atoms with Crippen molar-refractivity contribution in [3.8, 4) is 0 Å². The number of nitrogens with zero attached hydrogens (tertiary/aromatic N) is 3. The van der Waals surface area contributed by atoms with Gasteiger partial charge in [0.1, 0.15) is 18.0 Å². The van der Waals surface area contributed by atoms with Gasteiger partial charge in [-0.05, 0) is 12.8 Å². The summed E-state index contributed by atoms with van der Waals surface area (Å²) in [4.78, 5) is 10.6. The third-order valence-electron chi connectivity index (χ3n) is 3.02. The molecule has 0 aliphatic heterocycles. The molecular weight excluding hydrogens is 256 g/mol. The van der Waals surface area contributed by atoms with Crippen molar-refractivity contribution in [2.45, 2.75) is 32.8 Å². The zero-order valence-corrected chi connectivity index (χ0v) is 12.9. The van der Waals surface area contributed by atoms with Crippen molar-refractivity contribution in [2.75, 3.05) is 44.1 Å². The predicted octanol–water partition coefficient (Wildman–Crippen LogP) is 1.30. The van der Waals surface area contributed by atoms with Crippen LogP contribution < -0.4 is 10.2 Å². The molecule has 1 aromatic rings. The van der Waals surface area contributed by atoms with E-state index in [1.165, 1.54) is 0 Å². The molecule has 114 valence electrons. The molecule has 0 aliphatic carbocycles. The van der Waals surface area contributed by atoms with E-state index >= 15 is 0 Å². The normalized spacial score (nSPS) is 12.2. The molecule has 1 atom stereocenters. The molecule has 0 saturated heterocycles. The maximum atomic E-state index is 9.83. The van der Waals surface area contributed by atoms with E-state index < -0.39 is 6.10 Å². The van der Waals surface area contributed by atoms with E-state index in [1.807, 2.05) is 11.9 Å². The monoisotopic (exact) mass is 282 g/mol. The molecule has 0 fully saturated rings. The Morgan fingerprint density at radius 2 is 2.15 bits per heavy atom. The van der Waals surface area contributed by atoms with E-state index in [0.29, 0.717) is 13.2 Å². The van der Waals surface area contributed by atoms with Crippen molar-refractivity contribution in [2.24, 2.45) is 0 Å². The van der Waals surface area contributed by atoms with Crippen LogP contribution in [-0.2, 0) is 11.2 Å². The number of aliphatic hydroxyl groups is 1. The van der Waals surface area contributed by atoms with Crippen LogP contribution in [0.15, 0.2) is 6.33 Å². The van der Waals surface area contributed by atoms with Gasteiger partial charge in [0.15, 0.2) is 0 Å². The van der Waals surface area contributed by atoms with E-state index in [0.717, 1.165) is 36.6 Å². The standard InChI is InChI=1S/C14H26N4O2/c1-5-7-15-13-12(6-2)14(17-10-16-13)18(3)8-11(19)9-20-4/h10-11,19H,5-9H2,1-4H3,(H,15,16,17). The van der Waals surface area contributed by atoms with Crippen molar-refractivity contribution in [1.29, 1.82) is 0 Å². The maximum Gasteiger partial charge on any atom is 0.137 e. The zero-order valence-electron chi connectivity index (χ0n) is 12.9. The maximum absolute atomic E-state index is 9.83. The fraction of sp³-hybridized carbons (Fsp3) is 0.714. The smallest absolute Gasteiger partial charge is 0.137 e. The van der Waals surface area contributed by atoms with Crippen molar-refractivity contribution in [3.63, 3.8) is 0 Å². The van der Waals surface area contributed by atoms with Crippen LogP contribution in [0, 0.1) is 0 Å². The third kappa shape index (κ3) is 4.61. The van der Waals surface area contributed by atoms with Crippen molar-refractivity contribution >= 4 is 11.6 Å². The number of rotatable bonds is 9. The summed E-state index contributed by atoms with van der Waals surface area (Å²) in [5.41, 5.74) is 1.08. The van der Waals surface area contributed by atoms with Crippen LogP contribution >= 0.6 is 0 Å². The molecular formula is C14H26N4O2. The molecule has 2 N–H and O–H groups in total. The fourth-order valence-electron chi connectivity index (χ4n) is 2.10. The number of likely N-dealkylation sites (N-methyl/N-ethyl adjacent to an activating group) is 1. The average Bonchev–Trinajstić information content (AvgIpc) is 2.44. The molecule has 6 heteroatoms. The van der Waals surface area contributed by atoms with E-state index in [4.69, 9.17) is 4.74 Å². The summed E-state index contributed by atoms with van der Waals surface area (Å²) in [6.07, 6.45) is 2.92. The average molecular weight is 282 g/mol. The van der Waals surface area contributed by atoms with Crippen molar-refractivity contribution < 1.29 is 9.84 Å². The number of ether oxygens (including phenoxy) is 1. The Hall–Kier alpha value is -1.40. The first-order chi connectivity index (χ1) is 9.63. The molecule has 1 aromatic heterocycles. The third-order valence-corrected chi connectivity index (χ3v) is 3.02. The lowest BCUT2D eigenvalue weighted by Gasteiger charge is -2.24. The van der Waals surface area contributed by atoms with Gasteiger partial charge in [0.25, 0.3) is 0 Å². The number of methoxy groups -OCH3 is 1. The van der Waals surface area contributed by atoms with E-state index in [9.17, 15) is 5.11 Å². The van der Waals surface area contributed by atoms with Gasteiger partial charge in [-0.2, -0.15) is 0 Å². The first kappa shape index (κ1) is 16.7. The van der Waals surface area contributed by atoms with Crippen LogP contribution in [0.2, 0.25) is 0 Å². The first-order valence-electron chi connectivity index (χ1n) is 7.09. The minimum atomic E-state index is -0.531. The second kappa shape index (κ2) is 8.71. The van der Waals surface area contributed by atoms with Crippen molar-refractivity contribution in [3.05, 3.63) is 11.9 Å². The molecule has 1 heterocycles. The van der Waals surface area contributed by atoms with Crippen LogP contribution in [0.3, 0.4) is 0 Å². The Morgan fingerprint density at radius 1 is 1.40 bits per heavy atom. The van der Waals surface area contributed by atoms with Gasteiger partial charge in [0.05, 0.1) is 12.7 Å². The molecule has 0 aliphatic rings. The SMILES string of the molecule is CCCNc1ncnc(N(C)CC(O)COC)c1CC. The highest BCUT2D eigenvalue weighted by Crippen LogP contribution is 2.23. The molecule has 1 unspecified atom stereocenters. The number of hydrogen-bond donors (Lipinski definition) is 2. The summed E-state index contributed by atoms with van der Waals surface area (Å²) in [5.74, 6) is 1.74. The number of aliphatic hydroxyl groups excluding tert-OH is 1. The Bertz CT molecular complexity index is 401. The Labute approximate surface area is 121 Å². The van der Waals surface area contributed by atoms with Gasteiger partial charge in [-0.3, -0.25) is 0 Å². The molecule has 0 bridgehead atoms. The van der Waals surface area contributed by atoms with E-state index in [1.54, 1.807) is 13.4 Å². The summed E-state index contributed by atoms with van der Waals surface area (Å²) in [6, 6.07) is 0. The second-order valence-electron chi connectivity index (χ2n) is 4.79. The molecule has 6 nitrogen and oxygen atoms in total. The van der Waals surface area contributed by atoms with Crippen molar-refractivity contribution in [1.82, 2.24) is 9.97 Å². The lowest BCUT2D eigenvalue weighted by Crippen LogP contribution is -2.33. The Morgan fingerprint density at radius 3 is 2.75 bits per heavy atom. The molecule has 1 rings (SSSR count). The highest BCUT2D eigenvalue weighted by molar-refractivity contribution is 5.58. The minimum Gasteiger partial charge on any atom is -0.389 e. The number of nitrogens with one attached hydrogen (secondary N) is 1. The highest BCUT2D eigenvalue weighted by Gasteiger charge is 2.15. The lowest BCUT2D eigenvalue weighted by atomic mass is 10.2. The molecule has 0 spiro atoms. The first-order valence-corrected chi connectivity index (χ1v) is 7.09. The highest BCUT2D eigenvalue weighted by atomic mass is 16.5. The van der Waals surface area contributed by atoms with Crippen LogP contribution in [0.25, 0.3) is 0 Å². The van der Waals surface area contributed by atoms with E-state index in [2.05, 4.69) is 29.1 Å². The Balaban J connectivity index is 2.87. The van der Waals surface area contributed by atoms with Crippen LogP contribution in [0.4, 0.5) is 11.6 Å². The van der Waals surface area contributed by atoms with Gasteiger partial charge in [-0.25, -0.2) is 9.97 Å². The summed E-state index contributed by atoms with van der Waals surface area (Å²) >= 11 is 0. The van der Waals surface area contributed by atoms with Gasteiger partial charge in [-0.15, -0.1) is 0 Å². The van der Waals surface area contributed by atoms with Gasteiger partial charge in [0, 0.05) is 32.8 Å².